The van der Waals surface area contributed by atoms with E-state index in [0.717, 1.165) is 6.21 Å². The van der Waals surface area contributed by atoms with Gasteiger partial charge in [0.25, 0.3) is 0 Å². The number of nitrogens with two attached hydrogens (primary N) is 1. The summed E-state index contributed by atoms with van der Waals surface area (Å²) >= 11 is 0. The first-order chi connectivity index (χ1) is 6.04. The maximum absolute atomic E-state index is 9.10. The second kappa shape index (κ2) is 5.84. The minimum Gasteiger partial charge on any atom is -0.394 e. The van der Waals surface area contributed by atoms with Crippen LogP contribution in [-0.2, 0) is 0 Å². The smallest absolute Gasteiger partial charge is 0.119 e. The van der Waals surface area contributed by atoms with Crippen molar-refractivity contribution in [1.82, 2.24) is 0 Å². The lowest BCUT2D eigenvalue weighted by Crippen LogP contribution is -2.46. The van der Waals surface area contributed by atoms with Gasteiger partial charge in [0.05, 0.1) is 12.8 Å². The van der Waals surface area contributed by atoms with Crippen molar-refractivity contribution in [1.29, 1.82) is 0 Å². The predicted molar refractivity (Wildman–Crippen MR) is 43.8 cm³/mol. The van der Waals surface area contributed by atoms with Crippen LogP contribution in [0.5, 0.6) is 0 Å². The van der Waals surface area contributed by atoms with Crippen LogP contribution in [0.25, 0.3) is 0 Å². The SMILES string of the molecule is N/N=C/[C@@H](O)[C@@H](O)[C@H](O)[C@H](O)CO. The molecule has 0 unspecified atom stereocenters. The highest BCUT2D eigenvalue weighted by molar-refractivity contribution is 5.63. The lowest BCUT2D eigenvalue weighted by molar-refractivity contribution is -0.0999. The van der Waals surface area contributed by atoms with Gasteiger partial charge in [0.1, 0.15) is 24.4 Å². The number of hydrogen-bond acceptors (Lipinski definition) is 7. The van der Waals surface area contributed by atoms with E-state index in [2.05, 4.69) is 10.9 Å². The first-order valence-electron chi connectivity index (χ1n) is 3.61. The van der Waals surface area contributed by atoms with Crippen molar-refractivity contribution < 1.29 is 25.5 Å². The summed E-state index contributed by atoms with van der Waals surface area (Å²) in [6, 6.07) is 0. The van der Waals surface area contributed by atoms with E-state index >= 15 is 0 Å². The maximum atomic E-state index is 9.10. The number of aliphatic hydroxyl groups excluding tert-OH is 5. The Morgan fingerprint density at radius 2 is 1.69 bits per heavy atom. The Morgan fingerprint density at radius 1 is 1.15 bits per heavy atom. The Kier molecular flexibility index (Phi) is 5.51. The average molecular weight is 194 g/mol. The molecule has 0 bridgehead atoms. The molecular weight excluding hydrogens is 180 g/mol. The van der Waals surface area contributed by atoms with Gasteiger partial charge in [-0.05, 0) is 0 Å². The number of rotatable bonds is 5. The van der Waals surface area contributed by atoms with Crippen LogP contribution in [0.4, 0.5) is 0 Å². The lowest BCUT2D eigenvalue weighted by Gasteiger charge is -2.23. The van der Waals surface area contributed by atoms with Crippen LogP contribution in [0, 0.1) is 0 Å². The third-order valence-electron chi connectivity index (χ3n) is 1.52. The van der Waals surface area contributed by atoms with Gasteiger partial charge in [-0.2, -0.15) is 5.10 Å². The Labute approximate surface area is 74.7 Å². The zero-order valence-corrected chi connectivity index (χ0v) is 6.85. The second-order valence-electron chi connectivity index (χ2n) is 2.52. The van der Waals surface area contributed by atoms with Gasteiger partial charge < -0.3 is 31.4 Å². The number of nitrogens with zero attached hydrogens (tertiary/aromatic N) is 1. The third kappa shape index (κ3) is 3.66. The van der Waals surface area contributed by atoms with Crippen molar-refractivity contribution >= 4 is 6.21 Å². The van der Waals surface area contributed by atoms with Crippen LogP contribution in [0.3, 0.4) is 0 Å². The van der Waals surface area contributed by atoms with Gasteiger partial charge in [0, 0.05) is 0 Å². The van der Waals surface area contributed by atoms with Crippen LogP contribution in [0.15, 0.2) is 5.10 Å². The minimum absolute atomic E-state index is 0.718. The van der Waals surface area contributed by atoms with E-state index in [-0.39, 0.29) is 0 Å². The molecular formula is C6H14N2O5. The molecule has 0 aromatic rings. The summed E-state index contributed by atoms with van der Waals surface area (Å²) < 4.78 is 0. The molecule has 0 aromatic carbocycles. The molecule has 13 heavy (non-hydrogen) atoms. The van der Waals surface area contributed by atoms with Crippen molar-refractivity contribution in [3.63, 3.8) is 0 Å². The average Bonchev–Trinajstić information content (AvgIpc) is 2.14. The highest BCUT2D eigenvalue weighted by atomic mass is 16.4. The largest absolute Gasteiger partial charge is 0.394 e. The number of hydrazone groups is 1. The quantitative estimate of drug-likeness (QED) is 0.152. The van der Waals surface area contributed by atoms with E-state index in [9.17, 15) is 0 Å². The zero-order valence-electron chi connectivity index (χ0n) is 6.85. The van der Waals surface area contributed by atoms with Crippen molar-refractivity contribution in [3.05, 3.63) is 0 Å². The molecule has 0 radical (unpaired) electrons. The van der Waals surface area contributed by atoms with Crippen LogP contribution >= 0.6 is 0 Å². The van der Waals surface area contributed by atoms with Gasteiger partial charge >= 0.3 is 0 Å². The zero-order chi connectivity index (χ0) is 10.4. The molecule has 7 nitrogen and oxygen atoms in total. The summed E-state index contributed by atoms with van der Waals surface area (Å²) in [4.78, 5) is 0. The molecule has 7 N–H and O–H groups in total. The monoisotopic (exact) mass is 194 g/mol. The predicted octanol–water partition coefficient (Wildman–Crippen LogP) is -3.63. The van der Waals surface area contributed by atoms with Crippen molar-refractivity contribution in [2.24, 2.45) is 10.9 Å². The Morgan fingerprint density at radius 3 is 2.08 bits per heavy atom. The van der Waals surface area contributed by atoms with Crippen molar-refractivity contribution in [2.75, 3.05) is 6.61 Å². The lowest BCUT2D eigenvalue weighted by atomic mass is 10.0. The number of hydrogen-bond donors (Lipinski definition) is 6. The molecule has 0 aliphatic rings. The molecule has 0 rings (SSSR count). The molecule has 0 saturated carbocycles. The Hall–Kier alpha value is -0.730. The fourth-order valence-corrected chi connectivity index (χ4v) is 0.714. The van der Waals surface area contributed by atoms with Gasteiger partial charge in [0.15, 0.2) is 0 Å². The Balaban J connectivity index is 4.15. The van der Waals surface area contributed by atoms with Crippen LogP contribution < -0.4 is 5.84 Å². The summed E-state index contributed by atoms with van der Waals surface area (Å²) in [6.07, 6.45) is -5.50. The van der Waals surface area contributed by atoms with Gasteiger partial charge in [-0.3, -0.25) is 0 Å². The van der Waals surface area contributed by atoms with Crippen molar-refractivity contribution in [3.8, 4) is 0 Å². The molecule has 4 atom stereocenters. The molecule has 0 saturated heterocycles. The first kappa shape index (κ1) is 12.3. The summed E-state index contributed by atoms with van der Waals surface area (Å²) in [5, 5.41) is 47.4. The standard InChI is InChI=1S/C6H14N2O5/c7-8-1-3(10)5(12)6(13)4(11)2-9/h1,3-6,9-13H,2,7H2/b8-1+/t3-,4-,5-,6-/m1/s1. The number of aliphatic hydroxyl groups is 5. The maximum Gasteiger partial charge on any atom is 0.119 e. The summed E-state index contributed by atoms with van der Waals surface area (Å²) in [5.41, 5.74) is 0. The van der Waals surface area contributed by atoms with Crippen LogP contribution in [0.1, 0.15) is 0 Å². The van der Waals surface area contributed by atoms with E-state index in [0.29, 0.717) is 0 Å². The molecule has 0 aromatic heterocycles. The highest BCUT2D eigenvalue weighted by Gasteiger charge is 2.28. The van der Waals surface area contributed by atoms with Gasteiger partial charge in [-0.15, -0.1) is 0 Å². The van der Waals surface area contributed by atoms with Crippen LogP contribution in [-0.4, -0.2) is 62.8 Å². The molecule has 0 aliphatic heterocycles. The summed E-state index contributed by atoms with van der Waals surface area (Å²) in [5.74, 6) is 4.68. The second-order valence-corrected chi connectivity index (χ2v) is 2.52. The van der Waals surface area contributed by atoms with E-state index < -0.39 is 31.0 Å². The molecule has 7 heteroatoms. The fourth-order valence-electron chi connectivity index (χ4n) is 0.714. The van der Waals surface area contributed by atoms with Gasteiger partial charge in [0.2, 0.25) is 0 Å². The van der Waals surface area contributed by atoms with E-state index in [1.165, 1.54) is 0 Å². The molecule has 0 aliphatic carbocycles. The fraction of sp³-hybridized carbons (Fsp3) is 0.833. The Bertz CT molecular complexity index is 165. The highest BCUT2D eigenvalue weighted by Crippen LogP contribution is 2.03. The van der Waals surface area contributed by atoms with E-state index in [1.54, 1.807) is 0 Å². The molecule has 0 spiro atoms. The molecule has 78 valence electrons. The topological polar surface area (TPSA) is 140 Å². The first-order valence-corrected chi connectivity index (χ1v) is 3.61. The summed E-state index contributed by atoms with van der Waals surface area (Å²) in [7, 11) is 0. The molecule has 0 fully saturated rings. The van der Waals surface area contributed by atoms with Crippen LogP contribution in [0.2, 0.25) is 0 Å². The van der Waals surface area contributed by atoms with Gasteiger partial charge in [-0.25, -0.2) is 0 Å². The molecule has 0 amide bonds. The van der Waals surface area contributed by atoms with E-state index in [1.807, 2.05) is 0 Å². The van der Waals surface area contributed by atoms with E-state index in [4.69, 9.17) is 25.5 Å². The third-order valence-corrected chi connectivity index (χ3v) is 1.52. The summed E-state index contributed by atoms with van der Waals surface area (Å²) in [6.45, 7) is -0.718. The normalized spacial score (nSPS) is 21.3. The van der Waals surface area contributed by atoms with Gasteiger partial charge in [-0.1, -0.05) is 0 Å². The molecule has 0 heterocycles. The minimum atomic E-state index is -1.65. The van der Waals surface area contributed by atoms with Crippen molar-refractivity contribution in [2.45, 2.75) is 24.4 Å².